The smallest absolute Gasteiger partial charge is 0.0713 e. The Bertz CT molecular complexity index is 3740. The quantitative estimate of drug-likeness (QED) is 0.139. The van der Waals surface area contributed by atoms with Crippen LogP contribution in [0.3, 0.4) is 0 Å². The fourth-order valence-corrected chi connectivity index (χ4v) is 12.3. The predicted molar refractivity (Wildman–Crippen MR) is 298 cm³/mol. The fourth-order valence-electron chi connectivity index (χ4n) is 12.3. The van der Waals surface area contributed by atoms with Crippen LogP contribution in [0.15, 0.2) is 273 Å². The van der Waals surface area contributed by atoms with Gasteiger partial charge in [-0.1, -0.05) is 257 Å². The highest BCUT2D eigenvalue weighted by molar-refractivity contribution is 6.02. The first kappa shape index (κ1) is 42.3. The molecule has 0 N–H and O–H groups in total. The Morgan fingerprint density at radius 3 is 1.41 bits per heavy atom. The third-order valence-electron chi connectivity index (χ3n) is 15.3. The van der Waals surface area contributed by atoms with Gasteiger partial charge in [0.25, 0.3) is 0 Å². The van der Waals surface area contributed by atoms with Crippen LogP contribution in [0.4, 0.5) is 17.1 Å². The topological polar surface area (TPSA) is 3.24 Å². The molecule has 0 saturated heterocycles. The Morgan fingerprint density at radius 1 is 0.282 bits per heavy atom. The first-order valence-electron chi connectivity index (χ1n) is 24.8. The summed E-state index contributed by atoms with van der Waals surface area (Å²) in [7, 11) is 0. The molecule has 2 aliphatic rings. The minimum atomic E-state index is -0.511. The van der Waals surface area contributed by atoms with Gasteiger partial charge >= 0.3 is 0 Å². The molecule has 2 aliphatic carbocycles. The van der Waals surface area contributed by atoms with E-state index in [-0.39, 0.29) is 5.41 Å². The van der Waals surface area contributed by atoms with Gasteiger partial charge in [0.15, 0.2) is 0 Å². The van der Waals surface area contributed by atoms with Gasteiger partial charge in [-0.15, -0.1) is 0 Å². The summed E-state index contributed by atoms with van der Waals surface area (Å²) in [4.78, 5) is 2.53. The van der Waals surface area contributed by atoms with E-state index in [0.29, 0.717) is 0 Å². The largest absolute Gasteiger partial charge is 0.310 e. The third-order valence-corrected chi connectivity index (χ3v) is 15.3. The lowest BCUT2D eigenvalue weighted by molar-refractivity contribution is 0.662. The summed E-state index contributed by atoms with van der Waals surface area (Å²) in [5.41, 5.74) is 25.1. The van der Waals surface area contributed by atoms with Crippen molar-refractivity contribution < 1.29 is 0 Å². The lowest BCUT2D eigenvalue weighted by Crippen LogP contribution is -2.28. The molecule has 11 aromatic carbocycles. The molecule has 71 heavy (non-hydrogen) atoms. The maximum Gasteiger partial charge on any atom is 0.0713 e. The van der Waals surface area contributed by atoms with E-state index in [9.17, 15) is 0 Å². The van der Waals surface area contributed by atoms with Crippen LogP contribution >= 0.6 is 0 Å². The zero-order valence-electron chi connectivity index (χ0n) is 39.9. The number of hydrogen-bond acceptors (Lipinski definition) is 1. The van der Waals surface area contributed by atoms with E-state index >= 15 is 0 Å². The molecule has 13 rings (SSSR count). The molecule has 11 aromatic rings. The van der Waals surface area contributed by atoms with E-state index in [0.717, 1.165) is 17.1 Å². The van der Waals surface area contributed by atoms with Gasteiger partial charge in [0.2, 0.25) is 0 Å². The van der Waals surface area contributed by atoms with E-state index in [1.165, 1.54) is 100 Å². The first-order valence-corrected chi connectivity index (χ1v) is 24.8. The van der Waals surface area contributed by atoms with Gasteiger partial charge in [-0.05, 0) is 125 Å². The van der Waals surface area contributed by atoms with Crippen LogP contribution in [-0.4, -0.2) is 0 Å². The average Bonchev–Trinajstić information content (AvgIpc) is 3.87. The van der Waals surface area contributed by atoms with Gasteiger partial charge in [0.1, 0.15) is 0 Å². The molecule has 0 unspecified atom stereocenters. The summed E-state index contributed by atoms with van der Waals surface area (Å²) < 4.78 is 0. The second-order valence-corrected chi connectivity index (χ2v) is 19.5. The third kappa shape index (κ3) is 6.68. The van der Waals surface area contributed by atoms with Gasteiger partial charge in [0, 0.05) is 22.4 Å². The summed E-state index contributed by atoms with van der Waals surface area (Å²) in [5, 5.41) is 0. The Morgan fingerprint density at radius 2 is 0.732 bits per heavy atom. The van der Waals surface area contributed by atoms with Crippen LogP contribution < -0.4 is 4.90 Å². The molecule has 0 fully saturated rings. The van der Waals surface area contributed by atoms with Crippen molar-refractivity contribution in [2.45, 2.75) is 24.7 Å². The molecule has 336 valence electrons. The van der Waals surface area contributed by atoms with Crippen LogP contribution in [0, 0.1) is 0 Å². The molecule has 0 amide bonds. The minimum absolute atomic E-state index is 0.173. The predicted octanol–water partition coefficient (Wildman–Crippen LogP) is 18.5. The Labute approximate surface area is 417 Å². The standard InChI is InChI=1S/C70H51N/c1-69(2)63-41-19-17-35-58(63)61-40-22-39-57(68(61)69)50-28-21-33-53(46-50)71(66-43-23-38-56(49-26-9-4-10-27-49)67(66)60-37-16-15-34-55(60)48-24-7-3-8-25-48)54-44-45-65-62(47-54)59-36-18-20-42-64(59)70(65,51-29-11-5-12-30-51)52-31-13-6-14-32-52/h3-47H,1-2H3. The molecule has 0 radical (unpaired) electrons. The molecule has 1 nitrogen and oxygen atoms in total. The van der Waals surface area contributed by atoms with Gasteiger partial charge in [0.05, 0.1) is 11.1 Å². The van der Waals surface area contributed by atoms with Gasteiger partial charge in [-0.2, -0.15) is 0 Å². The zero-order valence-corrected chi connectivity index (χ0v) is 39.9. The average molecular weight is 906 g/mol. The Kier molecular flexibility index (Phi) is 10.1. The van der Waals surface area contributed by atoms with Gasteiger partial charge in [-0.3, -0.25) is 0 Å². The number of anilines is 3. The number of rotatable bonds is 9. The molecule has 0 bridgehead atoms. The van der Waals surface area contributed by atoms with E-state index in [1.807, 2.05) is 0 Å². The van der Waals surface area contributed by atoms with Crippen molar-refractivity contribution in [3.05, 3.63) is 306 Å². The van der Waals surface area contributed by atoms with Crippen molar-refractivity contribution in [3.8, 4) is 66.8 Å². The van der Waals surface area contributed by atoms with Crippen molar-refractivity contribution in [2.75, 3.05) is 4.90 Å². The molecule has 1 heteroatoms. The van der Waals surface area contributed by atoms with E-state index in [4.69, 9.17) is 0 Å². The SMILES string of the molecule is CC1(C)c2ccccc2-c2cccc(-c3cccc(N(c4ccc5c(c4)-c4ccccc4C5(c4ccccc4)c4ccccc4)c4cccc(-c5ccccc5)c4-c4ccccc4-c4ccccc4)c3)c21. The van der Waals surface area contributed by atoms with Crippen molar-refractivity contribution >= 4 is 17.1 Å². The van der Waals surface area contributed by atoms with Crippen LogP contribution in [0.5, 0.6) is 0 Å². The van der Waals surface area contributed by atoms with Gasteiger partial charge < -0.3 is 4.90 Å². The number of fused-ring (bicyclic) bond motifs is 6. The van der Waals surface area contributed by atoms with Crippen LogP contribution in [-0.2, 0) is 10.8 Å². The van der Waals surface area contributed by atoms with Crippen molar-refractivity contribution in [1.82, 2.24) is 0 Å². The minimum Gasteiger partial charge on any atom is -0.310 e. The molecular weight excluding hydrogens is 855 g/mol. The highest BCUT2D eigenvalue weighted by Crippen LogP contribution is 2.58. The van der Waals surface area contributed by atoms with E-state index in [1.54, 1.807) is 0 Å². The second-order valence-electron chi connectivity index (χ2n) is 19.5. The molecule has 0 spiro atoms. The summed E-state index contributed by atoms with van der Waals surface area (Å²) in [5.74, 6) is 0. The zero-order chi connectivity index (χ0) is 47.5. The normalized spacial score (nSPS) is 13.4. The number of benzene rings is 11. The molecule has 0 aliphatic heterocycles. The summed E-state index contributed by atoms with van der Waals surface area (Å²) >= 11 is 0. The van der Waals surface area contributed by atoms with E-state index < -0.39 is 5.41 Å². The summed E-state index contributed by atoms with van der Waals surface area (Å²) in [6.45, 7) is 4.77. The van der Waals surface area contributed by atoms with E-state index in [2.05, 4.69) is 292 Å². The fraction of sp³-hybridized carbons (Fsp3) is 0.0571. The first-order chi connectivity index (χ1) is 35.0. The highest BCUT2D eigenvalue weighted by Gasteiger charge is 2.46. The van der Waals surface area contributed by atoms with Crippen LogP contribution in [0.1, 0.15) is 47.2 Å². The van der Waals surface area contributed by atoms with Gasteiger partial charge in [-0.25, -0.2) is 0 Å². The monoisotopic (exact) mass is 905 g/mol. The molecule has 0 saturated carbocycles. The van der Waals surface area contributed by atoms with Crippen molar-refractivity contribution in [1.29, 1.82) is 0 Å². The maximum absolute atomic E-state index is 2.53. The highest BCUT2D eigenvalue weighted by atomic mass is 15.1. The summed E-state index contributed by atoms with van der Waals surface area (Å²) in [6.07, 6.45) is 0. The lowest BCUT2D eigenvalue weighted by Gasteiger charge is -2.34. The number of hydrogen-bond donors (Lipinski definition) is 0. The molecule has 0 aromatic heterocycles. The van der Waals surface area contributed by atoms with Crippen LogP contribution in [0.2, 0.25) is 0 Å². The molecule has 0 atom stereocenters. The van der Waals surface area contributed by atoms with Crippen molar-refractivity contribution in [2.24, 2.45) is 0 Å². The lowest BCUT2D eigenvalue weighted by atomic mass is 9.68. The maximum atomic E-state index is 2.53. The van der Waals surface area contributed by atoms with Crippen molar-refractivity contribution in [3.63, 3.8) is 0 Å². The number of nitrogens with zero attached hydrogens (tertiary/aromatic N) is 1. The summed E-state index contributed by atoms with van der Waals surface area (Å²) in [6, 6.07) is 101. The Balaban J connectivity index is 1.10. The Hall–Kier alpha value is -8.78. The second kappa shape index (κ2) is 17.0. The van der Waals surface area contributed by atoms with Crippen LogP contribution in [0.25, 0.3) is 66.8 Å². The molecular formula is C70H51N. The molecule has 0 heterocycles.